The molecule has 1 aliphatic rings. The Bertz CT molecular complexity index is 1870. The van der Waals surface area contributed by atoms with E-state index in [1.807, 2.05) is 61.5 Å². The summed E-state index contributed by atoms with van der Waals surface area (Å²) in [4.78, 5) is 36.2. The van der Waals surface area contributed by atoms with E-state index in [1.54, 1.807) is 27.8 Å². The number of amides is 4. The number of urea groups is 2. The van der Waals surface area contributed by atoms with Gasteiger partial charge in [0.05, 0.1) is 34.2 Å². The second-order valence-electron chi connectivity index (χ2n) is 11.0. The molecule has 13 heteroatoms. The molecule has 1 saturated heterocycles. The second-order valence-corrected chi connectivity index (χ2v) is 12.5. The van der Waals surface area contributed by atoms with Gasteiger partial charge in [-0.1, -0.05) is 77.9 Å². The summed E-state index contributed by atoms with van der Waals surface area (Å²) in [6, 6.07) is 22.0. The van der Waals surface area contributed by atoms with Crippen LogP contribution in [0.3, 0.4) is 0 Å². The highest BCUT2D eigenvalue weighted by molar-refractivity contribution is 14.1. The van der Waals surface area contributed by atoms with Gasteiger partial charge in [-0.25, -0.2) is 19.3 Å². The van der Waals surface area contributed by atoms with Gasteiger partial charge in [-0.05, 0) is 37.6 Å². The van der Waals surface area contributed by atoms with Crippen molar-refractivity contribution in [2.75, 3.05) is 42.3 Å². The Morgan fingerprint density at radius 3 is 2.51 bits per heavy atom. The largest absolute Gasteiger partial charge is 0.438 e. The summed E-state index contributed by atoms with van der Waals surface area (Å²) in [6.07, 6.45) is 3.54. The normalized spacial score (nSPS) is 13.6. The molecule has 242 valence electrons. The number of rotatable bonds is 9. The van der Waals surface area contributed by atoms with Crippen molar-refractivity contribution < 1.29 is 19.1 Å². The number of benzene rings is 3. The molecule has 1 fully saturated rings. The molecule has 2 aromatic heterocycles. The Labute approximate surface area is 286 Å². The first-order chi connectivity index (χ1) is 22.9. The number of morpholine rings is 1. The molecule has 3 aromatic carbocycles. The number of alkyl halides is 1. The minimum absolute atomic E-state index is 0.134. The van der Waals surface area contributed by atoms with Crippen LogP contribution in [0.25, 0.3) is 16.5 Å². The topological polar surface area (TPSA) is 136 Å². The van der Waals surface area contributed by atoms with Crippen LogP contribution in [0.15, 0.2) is 79.0 Å². The number of halogens is 1. The van der Waals surface area contributed by atoms with Gasteiger partial charge in [-0.15, -0.1) is 0 Å². The number of aromatic nitrogens is 4. The van der Waals surface area contributed by atoms with Crippen LogP contribution in [0, 0.1) is 6.92 Å². The van der Waals surface area contributed by atoms with Crippen LogP contribution in [-0.4, -0.2) is 63.0 Å². The first kappa shape index (κ1) is 32.2. The van der Waals surface area contributed by atoms with E-state index in [4.69, 9.17) is 14.6 Å². The Morgan fingerprint density at radius 1 is 0.979 bits per heavy atom. The standard InChI is InChI=1S/C34H35IN8O4/c1-3-6-26(35)28-21-30(43(41-28)23-11-9-22(2)10-12-23)38-33(44)37-27-13-14-29(25-8-5-4-7-24(25)27)47-31-15-16-36-32(39-31)40-34(45)42-17-19-46-20-18-42/h4-5,7-16,21,26H,3,6,17-20H2,1-2H3,(H2,37,38,44)(H,36,39,40,45). The van der Waals surface area contributed by atoms with Gasteiger partial charge >= 0.3 is 12.1 Å². The average molecular weight is 747 g/mol. The molecule has 5 aromatic rings. The van der Waals surface area contributed by atoms with E-state index >= 15 is 0 Å². The van der Waals surface area contributed by atoms with Crippen molar-refractivity contribution in [3.8, 4) is 17.3 Å². The number of anilines is 3. The molecular formula is C34H35IN8O4. The predicted octanol–water partition coefficient (Wildman–Crippen LogP) is 7.70. The van der Waals surface area contributed by atoms with Crippen molar-refractivity contribution in [3.63, 3.8) is 0 Å². The van der Waals surface area contributed by atoms with Crippen LogP contribution < -0.4 is 20.7 Å². The molecule has 0 aliphatic carbocycles. The zero-order valence-corrected chi connectivity index (χ0v) is 28.2. The van der Waals surface area contributed by atoms with Gasteiger partial charge in [0.2, 0.25) is 11.8 Å². The van der Waals surface area contributed by atoms with Crippen molar-refractivity contribution >= 4 is 62.9 Å². The van der Waals surface area contributed by atoms with E-state index in [2.05, 4.69) is 55.4 Å². The van der Waals surface area contributed by atoms with Gasteiger partial charge in [0.15, 0.2) is 0 Å². The van der Waals surface area contributed by atoms with Gasteiger partial charge in [0.1, 0.15) is 11.6 Å². The first-order valence-corrected chi connectivity index (χ1v) is 16.7. The molecule has 0 bridgehead atoms. The van der Waals surface area contributed by atoms with Crippen LogP contribution in [0.4, 0.5) is 27.0 Å². The number of carbonyl (C=O) groups is 2. The quantitative estimate of drug-likeness (QED) is 0.104. The molecule has 1 unspecified atom stereocenters. The zero-order valence-electron chi connectivity index (χ0n) is 26.1. The van der Waals surface area contributed by atoms with E-state index < -0.39 is 6.03 Å². The van der Waals surface area contributed by atoms with Gasteiger partial charge in [0, 0.05) is 42.2 Å². The maximum Gasteiger partial charge on any atom is 0.324 e. The highest BCUT2D eigenvalue weighted by Gasteiger charge is 2.20. The van der Waals surface area contributed by atoms with Crippen LogP contribution in [0.5, 0.6) is 11.6 Å². The third-order valence-corrected chi connectivity index (χ3v) is 8.87. The smallest absolute Gasteiger partial charge is 0.324 e. The molecule has 6 rings (SSSR count). The van der Waals surface area contributed by atoms with E-state index in [1.165, 1.54) is 6.20 Å². The lowest BCUT2D eigenvalue weighted by molar-refractivity contribution is 0.0564. The summed E-state index contributed by atoms with van der Waals surface area (Å²) in [7, 11) is 0. The lowest BCUT2D eigenvalue weighted by Gasteiger charge is -2.26. The van der Waals surface area contributed by atoms with Crippen molar-refractivity contribution in [3.05, 3.63) is 90.3 Å². The van der Waals surface area contributed by atoms with E-state index in [0.717, 1.165) is 40.6 Å². The van der Waals surface area contributed by atoms with Crippen LogP contribution in [0.1, 0.15) is 34.9 Å². The first-order valence-electron chi connectivity index (χ1n) is 15.4. The number of carbonyl (C=O) groups excluding carboxylic acids is 2. The summed E-state index contributed by atoms with van der Waals surface area (Å²) in [5, 5.41) is 15.1. The summed E-state index contributed by atoms with van der Waals surface area (Å²) in [5.41, 5.74) is 3.51. The fourth-order valence-corrected chi connectivity index (χ4v) is 6.11. The van der Waals surface area contributed by atoms with Crippen molar-refractivity contribution in [2.24, 2.45) is 0 Å². The lowest BCUT2D eigenvalue weighted by Crippen LogP contribution is -2.43. The second kappa shape index (κ2) is 14.8. The summed E-state index contributed by atoms with van der Waals surface area (Å²) in [5.74, 6) is 1.50. The van der Waals surface area contributed by atoms with E-state index in [-0.39, 0.29) is 21.8 Å². The molecular weight excluding hydrogens is 711 g/mol. The van der Waals surface area contributed by atoms with E-state index in [9.17, 15) is 9.59 Å². The van der Waals surface area contributed by atoms with Gasteiger partial charge < -0.3 is 19.7 Å². The Kier molecular flexibility index (Phi) is 10.1. The fraction of sp³-hybridized carbons (Fsp3) is 0.265. The molecule has 4 amide bonds. The number of aryl methyl sites for hydroxylation is 1. The van der Waals surface area contributed by atoms with E-state index in [0.29, 0.717) is 43.6 Å². The van der Waals surface area contributed by atoms with Crippen LogP contribution >= 0.6 is 22.6 Å². The fourth-order valence-electron chi connectivity index (χ4n) is 5.18. The van der Waals surface area contributed by atoms with Gasteiger partial charge in [-0.3, -0.25) is 10.6 Å². The molecule has 0 radical (unpaired) electrons. The molecule has 0 spiro atoms. The van der Waals surface area contributed by atoms with Crippen molar-refractivity contribution in [2.45, 2.75) is 30.6 Å². The maximum absolute atomic E-state index is 13.4. The Hall–Kier alpha value is -4.76. The number of fused-ring (bicyclic) bond motifs is 1. The molecule has 1 atom stereocenters. The molecule has 3 heterocycles. The minimum atomic E-state index is -0.402. The SMILES string of the molecule is CCCC(I)c1cc(NC(=O)Nc2ccc(Oc3ccnc(NC(=O)N4CCOCC4)n3)c3ccccc23)n(-c2ccc(C)cc2)n1. The molecule has 47 heavy (non-hydrogen) atoms. The highest BCUT2D eigenvalue weighted by Crippen LogP contribution is 2.35. The van der Waals surface area contributed by atoms with Gasteiger partial charge in [-0.2, -0.15) is 10.1 Å². The maximum atomic E-state index is 13.4. The third kappa shape index (κ3) is 7.80. The third-order valence-electron chi connectivity index (χ3n) is 7.61. The summed E-state index contributed by atoms with van der Waals surface area (Å²) < 4.78 is 13.5. The molecule has 1 aliphatic heterocycles. The molecule has 3 N–H and O–H groups in total. The number of nitrogens with zero attached hydrogens (tertiary/aromatic N) is 5. The predicted molar refractivity (Wildman–Crippen MR) is 190 cm³/mol. The molecule has 0 saturated carbocycles. The summed E-state index contributed by atoms with van der Waals surface area (Å²) in [6.45, 7) is 6.17. The number of hydrogen-bond acceptors (Lipinski definition) is 7. The summed E-state index contributed by atoms with van der Waals surface area (Å²) >= 11 is 2.40. The number of nitrogens with one attached hydrogen (secondary N) is 3. The minimum Gasteiger partial charge on any atom is -0.438 e. The van der Waals surface area contributed by atoms with Crippen molar-refractivity contribution in [1.82, 2.24) is 24.6 Å². The number of hydrogen-bond donors (Lipinski definition) is 3. The average Bonchev–Trinajstić information content (AvgIpc) is 3.50. The monoisotopic (exact) mass is 746 g/mol. The number of ether oxygens (including phenoxy) is 2. The Balaban J connectivity index is 1.20. The molecule has 12 nitrogen and oxygen atoms in total. The lowest BCUT2D eigenvalue weighted by atomic mass is 10.1. The van der Waals surface area contributed by atoms with Crippen LogP contribution in [0.2, 0.25) is 0 Å². The zero-order chi connectivity index (χ0) is 32.8. The van der Waals surface area contributed by atoms with Gasteiger partial charge in [0.25, 0.3) is 0 Å². The van der Waals surface area contributed by atoms with Crippen molar-refractivity contribution in [1.29, 1.82) is 0 Å². The van der Waals surface area contributed by atoms with Crippen LogP contribution in [-0.2, 0) is 4.74 Å². The Morgan fingerprint density at radius 2 is 1.74 bits per heavy atom. The highest BCUT2D eigenvalue weighted by atomic mass is 127.